The van der Waals surface area contributed by atoms with E-state index in [0.29, 0.717) is 16.5 Å². The van der Waals surface area contributed by atoms with Crippen molar-refractivity contribution in [1.29, 1.82) is 0 Å². The molecule has 0 radical (unpaired) electrons. The molecule has 6 heteroatoms. The maximum Gasteiger partial charge on any atom is 0.338 e. The number of hydrogen-bond acceptors (Lipinski definition) is 4. The fraction of sp³-hybridized carbons (Fsp3) is 0.286. The second kappa shape index (κ2) is 5.40. The molecule has 0 unspecified atom stereocenters. The van der Waals surface area contributed by atoms with Crippen molar-refractivity contribution < 1.29 is 23.0 Å². The molecule has 20 heavy (non-hydrogen) atoms. The number of fused-ring (bicyclic) bond motifs is 1. The second-order valence-electron chi connectivity index (χ2n) is 4.39. The third-order valence-corrected chi connectivity index (χ3v) is 2.61. The summed E-state index contributed by atoms with van der Waals surface area (Å²) in [5.74, 6) is -3.19. The highest BCUT2D eigenvalue weighted by molar-refractivity contribution is 6.03. The number of rotatable bonds is 4. The Hall–Kier alpha value is -2.24. The zero-order valence-corrected chi connectivity index (χ0v) is 11.0. The number of alkyl halides is 2. The number of halogens is 2. The maximum atomic E-state index is 12.8. The molecule has 1 aromatic heterocycles. The number of nitrogens with zero attached hydrogens (tertiary/aromatic N) is 1. The van der Waals surface area contributed by atoms with Crippen LogP contribution in [-0.4, -0.2) is 30.6 Å². The van der Waals surface area contributed by atoms with Gasteiger partial charge in [-0.3, -0.25) is 4.98 Å². The quantitative estimate of drug-likeness (QED) is 0.808. The van der Waals surface area contributed by atoms with Gasteiger partial charge in [-0.05, 0) is 24.3 Å². The van der Waals surface area contributed by atoms with Gasteiger partial charge in [0.15, 0.2) is 6.61 Å². The molecule has 2 aromatic rings. The van der Waals surface area contributed by atoms with E-state index in [9.17, 15) is 13.6 Å². The van der Waals surface area contributed by atoms with Gasteiger partial charge in [0.1, 0.15) is 5.75 Å². The van der Waals surface area contributed by atoms with E-state index in [4.69, 9.17) is 4.74 Å². The minimum absolute atomic E-state index is 0.247. The Balaban J connectivity index is 2.39. The van der Waals surface area contributed by atoms with Gasteiger partial charge in [-0.1, -0.05) is 0 Å². The predicted molar refractivity (Wildman–Crippen MR) is 69.2 cm³/mol. The summed E-state index contributed by atoms with van der Waals surface area (Å²) in [6.07, 6.45) is 1.48. The van der Waals surface area contributed by atoms with Crippen molar-refractivity contribution in [1.82, 2.24) is 4.98 Å². The molecule has 0 atom stereocenters. The first kappa shape index (κ1) is 14.2. The van der Waals surface area contributed by atoms with Crippen molar-refractivity contribution in [2.75, 3.05) is 13.7 Å². The van der Waals surface area contributed by atoms with E-state index in [1.54, 1.807) is 6.07 Å². The van der Waals surface area contributed by atoms with E-state index in [1.807, 2.05) is 0 Å². The number of methoxy groups -OCH3 is 1. The fourth-order valence-corrected chi connectivity index (χ4v) is 1.71. The molecule has 0 fully saturated rings. The maximum absolute atomic E-state index is 12.8. The summed E-state index contributed by atoms with van der Waals surface area (Å²) in [5, 5.41) is 0.497. The number of ether oxygens (including phenoxy) is 2. The van der Waals surface area contributed by atoms with Gasteiger partial charge in [0.25, 0.3) is 5.92 Å². The Morgan fingerprint density at radius 2 is 2.10 bits per heavy atom. The highest BCUT2D eigenvalue weighted by atomic mass is 19.3. The van der Waals surface area contributed by atoms with Crippen LogP contribution in [0.15, 0.2) is 30.5 Å². The van der Waals surface area contributed by atoms with Gasteiger partial charge in [0.2, 0.25) is 0 Å². The number of carbonyl (C=O) groups is 1. The van der Waals surface area contributed by atoms with Crippen LogP contribution in [0.5, 0.6) is 5.75 Å². The smallest absolute Gasteiger partial charge is 0.338 e. The van der Waals surface area contributed by atoms with E-state index < -0.39 is 18.5 Å². The van der Waals surface area contributed by atoms with Crippen LogP contribution in [0.4, 0.5) is 8.78 Å². The van der Waals surface area contributed by atoms with E-state index in [-0.39, 0.29) is 5.75 Å². The Bertz CT molecular complexity index is 638. The molecular formula is C14H13F2NO3. The molecule has 0 amide bonds. The van der Waals surface area contributed by atoms with Crippen molar-refractivity contribution in [3.05, 3.63) is 36.0 Å². The zero-order chi connectivity index (χ0) is 14.8. The molecular weight excluding hydrogens is 268 g/mol. The number of esters is 1. The molecule has 1 heterocycles. The van der Waals surface area contributed by atoms with Crippen LogP contribution in [0.25, 0.3) is 10.9 Å². The van der Waals surface area contributed by atoms with Crippen LogP contribution in [-0.2, 0) is 4.74 Å². The zero-order valence-electron chi connectivity index (χ0n) is 11.0. The molecule has 0 saturated carbocycles. The molecule has 2 rings (SSSR count). The first-order chi connectivity index (χ1) is 9.40. The number of hydrogen-bond donors (Lipinski definition) is 0. The molecule has 0 N–H and O–H groups in total. The predicted octanol–water partition coefficient (Wildman–Crippen LogP) is 3.06. The largest absolute Gasteiger partial charge is 0.487 e. The monoisotopic (exact) mass is 281 g/mol. The van der Waals surface area contributed by atoms with Crippen LogP contribution >= 0.6 is 0 Å². The van der Waals surface area contributed by atoms with Gasteiger partial charge in [-0.2, -0.15) is 0 Å². The average Bonchev–Trinajstić information content (AvgIpc) is 2.42. The summed E-state index contributed by atoms with van der Waals surface area (Å²) in [6, 6.07) is 6.14. The lowest BCUT2D eigenvalue weighted by Crippen LogP contribution is -2.20. The summed E-state index contributed by atoms with van der Waals surface area (Å²) < 4.78 is 35.2. The number of benzene rings is 1. The third-order valence-electron chi connectivity index (χ3n) is 2.61. The van der Waals surface area contributed by atoms with Crippen LogP contribution < -0.4 is 4.74 Å². The highest BCUT2D eigenvalue weighted by Gasteiger charge is 2.22. The SMILES string of the molecule is COC(=O)c1ccnc2ccc(OCC(C)(F)F)cc12. The van der Waals surface area contributed by atoms with E-state index in [1.165, 1.54) is 31.5 Å². The summed E-state index contributed by atoms with van der Waals surface area (Å²) in [6.45, 7) is 0.0435. The lowest BCUT2D eigenvalue weighted by Gasteiger charge is -2.12. The van der Waals surface area contributed by atoms with Crippen molar-refractivity contribution in [3.8, 4) is 5.75 Å². The number of aromatic nitrogens is 1. The highest BCUT2D eigenvalue weighted by Crippen LogP contribution is 2.24. The van der Waals surface area contributed by atoms with Gasteiger partial charge < -0.3 is 9.47 Å². The molecule has 0 aliphatic heterocycles. The van der Waals surface area contributed by atoms with E-state index in [0.717, 1.165) is 6.92 Å². The second-order valence-corrected chi connectivity index (χ2v) is 4.39. The minimum Gasteiger partial charge on any atom is -0.487 e. The van der Waals surface area contributed by atoms with Crippen LogP contribution in [0.2, 0.25) is 0 Å². The van der Waals surface area contributed by atoms with Gasteiger partial charge in [0, 0.05) is 18.5 Å². The Kier molecular flexibility index (Phi) is 3.83. The third kappa shape index (κ3) is 3.20. The summed E-state index contributed by atoms with van der Waals surface area (Å²) in [5.41, 5.74) is 0.870. The van der Waals surface area contributed by atoms with Crippen molar-refractivity contribution in [2.24, 2.45) is 0 Å². The van der Waals surface area contributed by atoms with Crippen LogP contribution in [0.1, 0.15) is 17.3 Å². The van der Waals surface area contributed by atoms with Gasteiger partial charge in [-0.15, -0.1) is 0 Å². The van der Waals surface area contributed by atoms with Crippen molar-refractivity contribution in [3.63, 3.8) is 0 Å². The lowest BCUT2D eigenvalue weighted by atomic mass is 10.1. The van der Waals surface area contributed by atoms with Crippen LogP contribution in [0, 0.1) is 0 Å². The number of pyridine rings is 1. The summed E-state index contributed by atoms with van der Waals surface area (Å²) in [7, 11) is 1.27. The van der Waals surface area contributed by atoms with Gasteiger partial charge in [0.05, 0.1) is 18.2 Å². The molecule has 0 saturated heterocycles. The van der Waals surface area contributed by atoms with E-state index in [2.05, 4.69) is 9.72 Å². The molecule has 4 nitrogen and oxygen atoms in total. The molecule has 106 valence electrons. The molecule has 0 aliphatic carbocycles. The topological polar surface area (TPSA) is 48.4 Å². The first-order valence-corrected chi connectivity index (χ1v) is 5.88. The molecule has 0 spiro atoms. The fourth-order valence-electron chi connectivity index (χ4n) is 1.71. The van der Waals surface area contributed by atoms with Crippen molar-refractivity contribution in [2.45, 2.75) is 12.8 Å². The van der Waals surface area contributed by atoms with Gasteiger partial charge in [-0.25, -0.2) is 13.6 Å². The molecule has 0 bridgehead atoms. The van der Waals surface area contributed by atoms with Crippen LogP contribution in [0.3, 0.4) is 0 Å². The summed E-state index contributed by atoms with van der Waals surface area (Å²) >= 11 is 0. The Morgan fingerprint density at radius 1 is 1.35 bits per heavy atom. The lowest BCUT2D eigenvalue weighted by molar-refractivity contribution is -0.0229. The standard InChI is InChI=1S/C14H13F2NO3/c1-14(15,16)8-20-9-3-4-12-11(7-9)10(5-6-17-12)13(18)19-2/h3-7H,8H2,1-2H3. The normalized spacial score (nSPS) is 11.4. The molecule has 0 aliphatic rings. The Morgan fingerprint density at radius 3 is 2.75 bits per heavy atom. The van der Waals surface area contributed by atoms with Crippen molar-refractivity contribution >= 4 is 16.9 Å². The summed E-state index contributed by atoms with van der Waals surface area (Å²) in [4.78, 5) is 15.7. The van der Waals surface area contributed by atoms with Gasteiger partial charge >= 0.3 is 5.97 Å². The van der Waals surface area contributed by atoms with E-state index >= 15 is 0 Å². The first-order valence-electron chi connectivity index (χ1n) is 5.88. The minimum atomic E-state index is -2.92. The Labute approximate surface area is 114 Å². The molecule has 1 aromatic carbocycles. The average molecular weight is 281 g/mol. The number of carbonyl (C=O) groups excluding carboxylic acids is 1.